The number of likely N-dealkylation sites (tertiary alicyclic amines) is 1. The van der Waals surface area contributed by atoms with Crippen LogP contribution in [-0.4, -0.2) is 40.2 Å². The van der Waals surface area contributed by atoms with Gasteiger partial charge in [0.15, 0.2) is 0 Å². The predicted octanol–water partition coefficient (Wildman–Crippen LogP) is 3.26. The molecule has 0 unspecified atom stereocenters. The van der Waals surface area contributed by atoms with E-state index < -0.39 is 0 Å². The van der Waals surface area contributed by atoms with Gasteiger partial charge >= 0.3 is 0 Å². The van der Waals surface area contributed by atoms with Crippen LogP contribution < -0.4 is 5.73 Å². The number of nitrogens with zero attached hydrogens (tertiary/aromatic N) is 3. The van der Waals surface area contributed by atoms with Crippen molar-refractivity contribution in [2.24, 2.45) is 11.7 Å². The molecule has 2 N–H and O–H groups in total. The Morgan fingerprint density at radius 2 is 1.96 bits per heavy atom. The molecule has 0 aliphatic carbocycles. The van der Waals surface area contributed by atoms with Crippen molar-refractivity contribution in [3.05, 3.63) is 53.3 Å². The maximum Gasteiger partial charge on any atom is 0.272 e. The molecule has 0 spiro atoms. The van der Waals surface area contributed by atoms with Gasteiger partial charge in [-0.15, -0.1) is 12.4 Å². The van der Waals surface area contributed by atoms with Crippen LogP contribution in [-0.2, 0) is 6.54 Å². The Balaban J connectivity index is 0.00000243. The van der Waals surface area contributed by atoms with Gasteiger partial charge in [-0.25, -0.2) is 0 Å². The number of carbonyl (C=O) groups is 1. The highest BCUT2D eigenvalue weighted by molar-refractivity contribution is 5.93. The van der Waals surface area contributed by atoms with Crippen LogP contribution in [0.15, 0.2) is 36.4 Å². The van der Waals surface area contributed by atoms with Gasteiger partial charge in [-0.3, -0.25) is 9.48 Å². The van der Waals surface area contributed by atoms with Crippen LogP contribution in [0.1, 0.15) is 54.4 Å². The fourth-order valence-corrected chi connectivity index (χ4v) is 3.65. The van der Waals surface area contributed by atoms with E-state index >= 15 is 0 Å². The van der Waals surface area contributed by atoms with E-state index in [0.29, 0.717) is 43.1 Å². The molecule has 1 fully saturated rings. The standard InChI is InChI=1S/C20H28N4O.ClH/c1-4-24-19(10-18(22-24)14(2)3)20(25)23-12-16(11-21)17(13-23)15-8-6-5-7-9-15;/h5-10,14,16-17H,4,11-13,21H2,1-3H3;1H/t16-,17+;/m1./s1. The number of rotatable bonds is 5. The van der Waals surface area contributed by atoms with Crippen LogP contribution >= 0.6 is 12.4 Å². The van der Waals surface area contributed by atoms with Gasteiger partial charge in [0.25, 0.3) is 5.91 Å². The normalized spacial score (nSPS) is 19.7. The molecule has 1 aliphatic rings. The van der Waals surface area contributed by atoms with E-state index in [1.807, 2.05) is 28.6 Å². The van der Waals surface area contributed by atoms with Crippen LogP contribution in [0.2, 0.25) is 0 Å². The zero-order valence-corrected chi connectivity index (χ0v) is 16.6. The molecule has 5 nitrogen and oxygen atoms in total. The highest BCUT2D eigenvalue weighted by Crippen LogP contribution is 2.33. The fraction of sp³-hybridized carbons (Fsp3) is 0.500. The lowest BCUT2D eigenvalue weighted by Crippen LogP contribution is -2.31. The number of hydrogen-bond acceptors (Lipinski definition) is 3. The number of aryl methyl sites for hydroxylation is 1. The fourth-order valence-electron chi connectivity index (χ4n) is 3.65. The molecule has 1 aromatic carbocycles. The van der Waals surface area contributed by atoms with Crippen molar-refractivity contribution in [3.63, 3.8) is 0 Å². The number of aromatic nitrogens is 2. The largest absolute Gasteiger partial charge is 0.336 e. The molecule has 3 rings (SSSR count). The Hall–Kier alpha value is -1.85. The van der Waals surface area contributed by atoms with Crippen LogP contribution in [0, 0.1) is 5.92 Å². The summed E-state index contributed by atoms with van der Waals surface area (Å²) < 4.78 is 1.82. The van der Waals surface area contributed by atoms with Crippen LogP contribution in [0.4, 0.5) is 0 Å². The van der Waals surface area contributed by atoms with E-state index in [1.165, 1.54) is 5.56 Å². The number of hydrogen-bond donors (Lipinski definition) is 1. The third kappa shape index (κ3) is 3.94. The summed E-state index contributed by atoms with van der Waals surface area (Å²) in [5, 5.41) is 4.58. The van der Waals surface area contributed by atoms with E-state index in [1.54, 1.807) is 0 Å². The Labute approximate surface area is 162 Å². The minimum Gasteiger partial charge on any atom is -0.336 e. The maximum absolute atomic E-state index is 13.1. The summed E-state index contributed by atoms with van der Waals surface area (Å²) in [6, 6.07) is 12.3. The van der Waals surface area contributed by atoms with E-state index in [2.05, 4.69) is 43.2 Å². The SMILES string of the molecule is CCn1nc(C(C)C)cc1C(=O)N1C[C@@H](CN)[C@H](c2ccccc2)C1.Cl. The average molecular weight is 377 g/mol. The Kier molecular flexibility index (Phi) is 6.84. The molecule has 2 aromatic rings. The number of halogens is 1. The number of nitrogens with two attached hydrogens (primary N) is 1. The summed E-state index contributed by atoms with van der Waals surface area (Å²) in [6.45, 7) is 8.94. The first-order valence-corrected chi connectivity index (χ1v) is 9.17. The van der Waals surface area contributed by atoms with Crippen LogP contribution in [0.5, 0.6) is 0 Å². The van der Waals surface area contributed by atoms with E-state index in [4.69, 9.17) is 5.73 Å². The first-order chi connectivity index (χ1) is 12.0. The average Bonchev–Trinajstić information content (AvgIpc) is 3.26. The monoisotopic (exact) mass is 376 g/mol. The Morgan fingerprint density at radius 3 is 2.54 bits per heavy atom. The molecular formula is C20H29ClN4O. The summed E-state index contributed by atoms with van der Waals surface area (Å²) in [6.07, 6.45) is 0. The molecule has 2 atom stereocenters. The van der Waals surface area contributed by atoms with Crippen molar-refractivity contribution in [2.45, 2.75) is 39.2 Å². The second-order valence-corrected chi connectivity index (χ2v) is 7.15. The first-order valence-electron chi connectivity index (χ1n) is 9.17. The summed E-state index contributed by atoms with van der Waals surface area (Å²) in [5.41, 5.74) is 8.93. The molecule has 0 radical (unpaired) electrons. The second-order valence-electron chi connectivity index (χ2n) is 7.15. The van der Waals surface area contributed by atoms with Crippen molar-refractivity contribution >= 4 is 18.3 Å². The molecule has 2 heterocycles. The van der Waals surface area contributed by atoms with Gasteiger partial charge in [-0.2, -0.15) is 5.10 Å². The third-order valence-corrected chi connectivity index (χ3v) is 5.17. The lowest BCUT2D eigenvalue weighted by atomic mass is 9.89. The van der Waals surface area contributed by atoms with Crippen molar-refractivity contribution in [1.82, 2.24) is 14.7 Å². The minimum absolute atomic E-state index is 0. The van der Waals surface area contributed by atoms with Crippen molar-refractivity contribution in [1.29, 1.82) is 0 Å². The number of benzene rings is 1. The summed E-state index contributed by atoms with van der Waals surface area (Å²) in [5.74, 6) is 0.983. The van der Waals surface area contributed by atoms with E-state index in [0.717, 1.165) is 12.2 Å². The zero-order valence-electron chi connectivity index (χ0n) is 15.8. The van der Waals surface area contributed by atoms with Gasteiger partial charge in [-0.05, 0) is 36.9 Å². The summed E-state index contributed by atoms with van der Waals surface area (Å²) in [4.78, 5) is 15.1. The number of amides is 1. The highest BCUT2D eigenvalue weighted by Gasteiger charge is 2.36. The Morgan fingerprint density at radius 1 is 1.27 bits per heavy atom. The molecule has 142 valence electrons. The van der Waals surface area contributed by atoms with Crippen LogP contribution in [0.3, 0.4) is 0 Å². The first kappa shape index (κ1) is 20.5. The van der Waals surface area contributed by atoms with Gasteiger partial charge < -0.3 is 10.6 Å². The maximum atomic E-state index is 13.1. The molecular weight excluding hydrogens is 348 g/mol. The quantitative estimate of drug-likeness (QED) is 0.871. The minimum atomic E-state index is 0. The molecule has 6 heteroatoms. The predicted molar refractivity (Wildman–Crippen MR) is 107 cm³/mol. The zero-order chi connectivity index (χ0) is 18.0. The van der Waals surface area contributed by atoms with Crippen molar-refractivity contribution < 1.29 is 4.79 Å². The van der Waals surface area contributed by atoms with E-state index in [9.17, 15) is 4.79 Å². The smallest absolute Gasteiger partial charge is 0.272 e. The summed E-state index contributed by atoms with van der Waals surface area (Å²) in [7, 11) is 0. The molecule has 0 bridgehead atoms. The highest BCUT2D eigenvalue weighted by atomic mass is 35.5. The number of carbonyl (C=O) groups excluding carboxylic acids is 1. The van der Waals surface area contributed by atoms with Crippen molar-refractivity contribution in [3.8, 4) is 0 Å². The van der Waals surface area contributed by atoms with Gasteiger partial charge in [0.05, 0.1) is 5.69 Å². The molecule has 0 saturated carbocycles. The molecule has 26 heavy (non-hydrogen) atoms. The molecule has 1 amide bonds. The van der Waals surface area contributed by atoms with E-state index in [-0.39, 0.29) is 18.3 Å². The lowest BCUT2D eigenvalue weighted by Gasteiger charge is -2.17. The van der Waals surface area contributed by atoms with Gasteiger partial charge in [-0.1, -0.05) is 44.2 Å². The van der Waals surface area contributed by atoms with Gasteiger partial charge in [0.2, 0.25) is 0 Å². The van der Waals surface area contributed by atoms with Gasteiger partial charge in [0.1, 0.15) is 5.69 Å². The molecule has 1 aliphatic heterocycles. The second kappa shape index (κ2) is 8.69. The van der Waals surface area contributed by atoms with Crippen molar-refractivity contribution in [2.75, 3.05) is 19.6 Å². The third-order valence-electron chi connectivity index (χ3n) is 5.17. The van der Waals surface area contributed by atoms with Crippen LogP contribution in [0.25, 0.3) is 0 Å². The molecule has 1 aromatic heterocycles. The Bertz CT molecular complexity index is 729. The summed E-state index contributed by atoms with van der Waals surface area (Å²) >= 11 is 0. The van der Waals surface area contributed by atoms with Gasteiger partial charge in [0, 0.05) is 25.6 Å². The molecule has 1 saturated heterocycles. The topological polar surface area (TPSA) is 64.2 Å². The lowest BCUT2D eigenvalue weighted by molar-refractivity contribution is 0.0774.